The van der Waals surface area contributed by atoms with Crippen LogP contribution in [0.15, 0.2) is 504 Å². The van der Waals surface area contributed by atoms with E-state index in [9.17, 15) is 0 Å². The average Bonchev–Trinajstić information content (AvgIpc) is 1.52. The number of hydrogen-bond acceptors (Lipinski definition) is 7. The largest absolute Gasteiger partial charge is 0.481 e. The van der Waals surface area contributed by atoms with Crippen LogP contribution in [0, 0.1) is 0 Å². The number of rotatable bonds is 8. The quantitative estimate of drug-likeness (QED) is 0.150. The first kappa shape index (κ1) is 88.0. The number of allylic oxidation sites excluding steroid dienone is 6. The fraction of sp³-hybridized carbons (Fsp3) is 0.114. The second kappa shape index (κ2) is 34.5. The van der Waals surface area contributed by atoms with Crippen molar-refractivity contribution in [3.63, 3.8) is 0 Å². The molecule has 11 aliphatic rings. The van der Waals surface area contributed by atoms with Gasteiger partial charge in [-0.2, -0.15) is 0 Å². The van der Waals surface area contributed by atoms with Crippen molar-refractivity contribution < 1.29 is 14.2 Å². The third-order valence-corrected chi connectivity index (χ3v) is 33.1. The van der Waals surface area contributed by atoms with Crippen LogP contribution in [0.5, 0.6) is 17.2 Å². The van der Waals surface area contributed by atoms with Crippen LogP contribution in [-0.4, -0.2) is 41.0 Å². The van der Waals surface area contributed by atoms with Gasteiger partial charge < -0.3 is 38.4 Å². The summed E-state index contributed by atoms with van der Waals surface area (Å²) in [5, 5.41) is 5.05. The summed E-state index contributed by atoms with van der Waals surface area (Å²) in [7, 11) is 0. The number of aromatic nitrogens is 1. The normalized spacial score (nSPS) is 18.6. The molecule has 6 atom stereocenters. The molecule has 0 radical (unpaired) electrons. The SMILES string of the molecule is C1=CC2Oc3c(ccc4c3-c3ccccc3C4(c3ccccc3)c3ccccc3)N(c3ccccc3)C2C=C1.CC1(C)c2cc(-c3ccccc3)ccc2-c2c1ccc1c2OC2C=CC=CC2N1c1ccccc1.CC1(C)c2ccccc2-c2c1ccc1c2N(c2ccc3ccccc3c2)c2cc(-c3ccccc3)cc3c4ccccc4n-1c23.CC1(C)c2ccccc2-c2c1ccc1c2OC2C=CC=CC2N1c1ccccc1. The summed E-state index contributed by atoms with van der Waals surface area (Å²) >= 11 is 0. The Kier molecular flexibility index (Phi) is 20.5. The summed E-state index contributed by atoms with van der Waals surface area (Å²) in [6.07, 6.45) is 25.8. The van der Waals surface area contributed by atoms with Crippen LogP contribution in [0.25, 0.3) is 105 Å². The molecule has 0 N–H and O–H groups in total. The molecule has 0 bridgehead atoms. The highest BCUT2D eigenvalue weighted by Crippen LogP contribution is 2.66. The van der Waals surface area contributed by atoms with E-state index in [2.05, 4.69) is 569 Å². The fourth-order valence-electron chi connectivity index (χ4n) is 26.3. The number of hydrogen-bond donors (Lipinski definition) is 0. The number of anilines is 9. The molecule has 8 nitrogen and oxygen atoms in total. The van der Waals surface area contributed by atoms with E-state index in [0.29, 0.717) is 0 Å². The monoisotopic (exact) mass is 1910 g/mol. The molecule has 0 spiro atoms. The molecule has 19 aromatic carbocycles. The molecule has 0 saturated carbocycles. The zero-order chi connectivity index (χ0) is 98.8. The Balaban J connectivity index is 0.0000000962. The standard InChI is InChI=1S/C43H30N2.C37H27NO.C33H27NO.C27H23NO/c1-43(2)35-18-10-8-17-33(35)40-36(43)22-23-38-42(40)44(31-21-20-28-14-6-7-15-29(28)24-31)39-26-30(27-12-4-3-5-13-27)25-34-32-16-9-11-19-37(32)45(38)41(34)39;1-4-14-26(15-5-1)37(27-16-6-2-7-17-27)30-21-11-10-20-29(30)35-31(37)24-25-33-36(35)39-34-23-13-12-22-32(34)38(33)28-18-8-3-9-19-28;1-33(2)26-19-20-29-32(31(26)25-18-17-23(21-27(25)33)22-11-5-3-6-12-22)35-30-16-10-9-15-28(30)34(29)24-13-7-4-8-14-24;1-27(2)20-13-7-6-12-19(20)25-21(27)16-17-23-26(25)29-24-15-9-8-14-22(24)28(23)18-10-4-3-5-11-18/h3-26H,1-2H3;1-25,32,34H;3-21,28,30H,1-2H3;3-17,22,24H,1-2H3. The van der Waals surface area contributed by atoms with Crippen molar-refractivity contribution in [1.82, 2.24) is 4.57 Å². The maximum atomic E-state index is 6.97. The topological polar surface area (TPSA) is 45.6 Å². The molecule has 8 heteroatoms. The van der Waals surface area contributed by atoms with Crippen LogP contribution in [-0.2, 0) is 21.7 Å². The zero-order valence-corrected chi connectivity index (χ0v) is 83.3. The summed E-state index contributed by atoms with van der Waals surface area (Å²) < 4.78 is 23.0. The van der Waals surface area contributed by atoms with E-state index >= 15 is 0 Å². The minimum atomic E-state index is -0.441. The van der Waals surface area contributed by atoms with Crippen molar-refractivity contribution in [3.05, 3.63) is 559 Å². The Morgan fingerprint density at radius 1 is 0.230 bits per heavy atom. The molecular weight excluding hydrogens is 1800 g/mol. The minimum Gasteiger partial charge on any atom is -0.481 e. The lowest BCUT2D eigenvalue weighted by Gasteiger charge is -2.43. The highest BCUT2D eigenvalue weighted by atomic mass is 16.5. The summed E-state index contributed by atoms with van der Waals surface area (Å²) in [6, 6.07) is 157. The lowest BCUT2D eigenvalue weighted by Crippen LogP contribution is -2.46. The predicted molar refractivity (Wildman–Crippen MR) is 612 cm³/mol. The first-order valence-corrected chi connectivity index (χ1v) is 52.1. The summed E-state index contributed by atoms with van der Waals surface area (Å²) in [4.78, 5) is 9.87. The maximum absolute atomic E-state index is 6.97. The lowest BCUT2D eigenvalue weighted by molar-refractivity contribution is 0.219. The smallest absolute Gasteiger partial charge is 0.152 e. The summed E-state index contributed by atoms with van der Waals surface area (Å²) in [6.45, 7) is 14.0. The Bertz CT molecular complexity index is 8920. The molecule has 20 aromatic rings. The summed E-state index contributed by atoms with van der Waals surface area (Å²) in [5.74, 6) is 2.95. The van der Waals surface area contributed by atoms with Crippen molar-refractivity contribution in [2.24, 2.45) is 0 Å². The van der Waals surface area contributed by atoms with Crippen molar-refractivity contribution in [3.8, 4) is 89.7 Å². The van der Waals surface area contributed by atoms with E-state index in [4.69, 9.17) is 14.2 Å². The number of ether oxygens (including phenoxy) is 3. The van der Waals surface area contributed by atoms with Crippen molar-refractivity contribution in [2.45, 2.75) is 99.6 Å². The van der Waals surface area contributed by atoms with Crippen molar-refractivity contribution >= 4 is 83.8 Å². The molecule has 6 unspecified atom stereocenters. The van der Waals surface area contributed by atoms with E-state index in [1.807, 2.05) is 0 Å². The van der Waals surface area contributed by atoms with Crippen LogP contribution in [0.4, 0.5) is 51.2 Å². The van der Waals surface area contributed by atoms with Crippen LogP contribution in [0.1, 0.15) is 97.2 Å². The molecule has 148 heavy (non-hydrogen) atoms. The molecule has 31 rings (SSSR count). The summed E-state index contributed by atoms with van der Waals surface area (Å²) in [5.41, 5.74) is 42.0. The van der Waals surface area contributed by atoms with E-state index in [1.165, 1.54) is 195 Å². The van der Waals surface area contributed by atoms with Gasteiger partial charge in [-0.05, 0) is 226 Å². The van der Waals surface area contributed by atoms with E-state index in [0.717, 1.165) is 34.3 Å². The third-order valence-electron chi connectivity index (χ3n) is 33.1. The average molecular weight is 1910 g/mol. The minimum absolute atomic E-state index is 0.00455. The molecular formula is C140H107N5O3. The van der Waals surface area contributed by atoms with E-state index in [1.54, 1.807) is 0 Å². The molecule has 4 aliphatic heterocycles. The van der Waals surface area contributed by atoms with Gasteiger partial charge in [0, 0.05) is 72.0 Å². The van der Waals surface area contributed by atoms with Gasteiger partial charge in [-0.1, -0.05) is 430 Å². The van der Waals surface area contributed by atoms with Gasteiger partial charge >= 0.3 is 0 Å². The van der Waals surface area contributed by atoms with Gasteiger partial charge in [0.15, 0.2) is 17.2 Å². The molecule has 5 heterocycles. The molecule has 1 aromatic heterocycles. The maximum Gasteiger partial charge on any atom is 0.152 e. The number of fused-ring (bicyclic) bond motifs is 28. The number of para-hydroxylation sites is 4. The highest BCUT2D eigenvalue weighted by Gasteiger charge is 2.52. The Labute approximate surface area is 864 Å². The molecule has 710 valence electrons. The van der Waals surface area contributed by atoms with Crippen LogP contribution in [0.3, 0.4) is 0 Å². The van der Waals surface area contributed by atoms with Gasteiger partial charge in [0.2, 0.25) is 0 Å². The second-order valence-corrected chi connectivity index (χ2v) is 42.1. The predicted octanol–water partition coefficient (Wildman–Crippen LogP) is 34.6. The molecule has 7 aliphatic carbocycles. The number of benzene rings is 19. The number of nitrogens with zero attached hydrogens (tertiary/aromatic N) is 5. The second-order valence-electron chi connectivity index (χ2n) is 42.1. The van der Waals surface area contributed by atoms with Crippen LogP contribution < -0.4 is 33.8 Å². The van der Waals surface area contributed by atoms with Gasteiger partial charge in [0.25, 0.3) is 0 Å². The first-order valence-electron chi connectivity index (χ1n) is 52.1. The van der Waals surface area contributed by atoms with Crippen LogP contribution in [0.2, 0.25) is 0 Å². The highest BCUT2D eigenvalue weighted by molar-refractivity contribution is 6.20. The van der Waals surface area contributed by atoms with E-state index in [-0.39, 0.29) is 52.7 Å². The fourth-order valence-corrected chi connectivity index (χ4v) is 26.3. The molecule has 0 amide bonds. The van der Waals surface area contributed by atoms with Gasteiger partial charge in [-0.15, -0.1) is 0 Å². The zero-order valence-electron chi connectivity index (χ0n) is 83.3. The Morgan fingerprint density at radius 2 is 0.608 bits per heavy atom. The van der Waals surface area contributed by atoms with Crippen LogP contribution >= 0.6 is 0 Å². The lowest BCUT2D eigenvalue weighted by atomic mass is 9.67. The Morgan fingerprint density at radius 3 is 1.11 bits per heavy atom. The molecule has 0 saturated heterocycles. The van der Waals surface area contributed by atoms with Gasteiger partial charge in [-0.25, -0.2) is 0 Å². The Hall–Kier alpha value is -17.7. The first-order chi connectivity index (χ1) is 72.7. The van der Waals surface area contributed by atoms with Gasteiger partial charge in [-0.3, -0.25) is 0 Å². The molecule has 0 fully saturated rings. The third kappa shape index (κ3) is 13.5. The van der Waals surface area contributed by atoms with Gasteiger partial charge in [0.1, 0.15) is 18.3 Å². The van der Waals surface area contributed by atoms with Crippen molar-refractivity contribution in [2.75, 3.05) is 19.6 Å². The van der Waals surface area contributed by atoms with E-state index < -0.39 is 5.41 Å². The van der Waals surface area contributed by atoms with Gasteiger partial charge in [0.05, 0.1) is 68.7 Å². The van der Waals surface area contributed by atoms with Crippen molar-refractivity contribution in [1.29, 1.82) is 0 Å².